The zero-order valence-electron chi connectivity index (χ0n) is 8.41. The van der Waals surface area contributed by atoms with Crippen molar-refractivity contribution in [1.82, 2.24) is 0 Å². The van der Waals surface area contributed by atoms with Crippen molar-refractivity contribution >= 4 is 16.5 Å². The Kier molecular flexibility index (Phi) is 7.63. The number of rotatable bonds is 7. The van der Waals surface area contributed by atoms with Crippen LogP contribution >= 0.6 is 0 Å². The maximum absolute atomic E-state index is 10.6. The second kappa shape index (κ2) is 8.01. The lowest BCUT2D eigenvalue weighted by Crippen LogP contribution is -2.07. The van der Waals surface area contributed by atoms with Crippen LogP contribution in [-0.2, 0) is 14.0 Å². The zero-order chi connectivity index (χ0) is 10.1. The van der Waals surface area contributed by atoms with Crippen molar-refractivity contribution in [3.8, 4) is 0 Å². The van der Waals surface area contributed by atoms with Gasteiger partial charge in [-0.1, -0.05) is 6.58 Å². The highest BCUT2D eigenvalue weighted by atomic mass is 28.2. The van der Waals surface area contributed by atoms with E-state index in [1.807, 2.05) is 0 Å². The van der Waals surface area contributed by atoms with Gasteiger partial charge >= 0.3 is 5.97 Å². The Hall–Kier alpha value is -0.613. The molecule has 76 valence electrons. The van der Waals surface area contributed by atoms with Crippen molar-refractivity contribution in [2.45, 2.75) is 32.3 Å². The van der Waals surface area contributed by atoms with Gasteiger partial charge < -0.3 is 9.16 Å². The van der Waals surface area contributed by atoms with Crippen LogP contribution in [0.3, 0.4) is 0 Å². The zero-order valence-corrected chi connectivity index (χ0v) is 10.4. The lowest BCUT2D eigenvalue weighted by molar-refractivity contribution is -0.137. The molecule has 4 heteroatoms. The number of carbonyl (C=O) groups excluding carboxylic acids is 1. The van der Waals surface area contributed by atoms with Gasteiger partial charge in [-0.25, -0.2) is 4.79 Å². The first-order valence-electron chi connectivity index (χ1n) is 4.52. The van der Waals surface area contributed by atoms with Crippen LogP contribution in [0.2, 0.25) is 0 Å². The van der Waals surface area contributed by atoms with Gasteiger partial charge in [0.25, 0.3) is 0 Å². The lowest BCUT2D eigenvalue weighted by atomic mass is 10.2. The van der Waals surface area contributed by atoms with Crippen molar-refractivity contribution in [1.29, 1.82) is 0 Å². The minimum atomic E-state index is -0.341. The molecule has 0 radical (unpaired) electrons. The van der Waals surface area contributed by atoms with Crippen LogP contribution in [0.15, 0.2) is 12.7 Å². The van der Waals surface area contributed by atoms with E-state index >= 15 is 0 Å². The van der Waals surface area contributed by atoms with Crippen LogP contribution in [0.5, 0.6) is 0 Å². The van der Waals surface area contributed by atoms with Gasteiger partial charge in [-0.05, 0) is 26.2 Å². The summed E-state index contributed by atoms with van der Waals surface area (Å²) in [6.45, 7) is 5.85. The van der Waals surface area contributed by atoms with E-state index in [0.29, 0.717) is 12.7 Å². The van der Waals surface area contributed by atoms with Gasteiger partial charge in [-0.15, -0.1) is 0 Å². The highest BCUT2D eigenvalue weighted by Gasteiger charge is 1.99. The quantitative estimate of drug-likeness (QED) is 0.262. The van der Waals surface area contributed by atoms with Crippen molar-refractivity contribution in [3.63, 3.8) is 0 Å². The summed E-state index contributed by atoms with van der Waals surface area (Å²) in [5, 5.41) is 0. The fraction of sp³-hybridized carbons (Fsp3) is 0.667. The first-order chi connectivity index (χ1) is 6.20. The van der Waals surface area contributed by atoms with E-state index in [1.54, 1.807) is 0 Å². The third-order valence-electron chi connectivity index (χ3n) is 1.82. The van der Waals surface area contributed by atoms with E-state index in [9.17, 15) is 4.79 Å². The Labute approximate surface area is 82.7 Å². The number of esters is 1. The molecule has 0 saturated carbocycles. The molecule has 0 aromatic carbocycles. The molecular weight excluding hydrogens is 184 g/mol. The number of ether oxygens (including phenoxy) is 1. The van der Waals surface area contributed by atoms with Crippen LogP contribution in [0, 0.1) is 0 Å². The van der Waals surface area contributed by atoms with Crippen LogP contribution in [0.4, 0.5) is 0 Å². The molecule has 0 aromatic heterocycles. The molecule has 0 heterocycles. The van der Waals surface area contributed by atoms with E-state index in [4.69, 9.17) is 9.16 Å². The average Bonchev–Trinajstić information content (AvgIpc) is 2.16. The molecule has 13 heavy (non-hydrogen) atoms. The predicted molar refractivity (Wildman–Crippen MR) is 55.5 cm³/mol. The van der Waals surface area contributed by atoms with Gasteiger partial charge in [-0.2, -0.15) is 0 Å². The molecule has 0 aliphatic heterocycles. The average molecular weight is 202 g/mol. The fourth-order valence-electron chi connectivity index (χ4n) is 0.883. The lowest BCUT2D eigenvalue weighted by Gasteiger charge is -2.08. The van der Waals surface area contributed by atoms with Crippen LogP contribution in [0.25, 0.3) is 0 Å². The minimum Gasteiger partial charge on any atom is -0.463 e. The van der Waals surface area contributed by atoms with Gasteiger partial charge in [0.1, 0.15) is 10.5 Å². The molecule has 0 bridgehead atoms. The normalized spacial score (nSPS) is 12.4. The molecule has 0 N–H and O–H groups in total. The van der Waals surface area contributed by atoms with Crippen molar-refractivity contribution in [2.75, 3.05) is 6.61 Å². The van der Waals surface area contributed by atoms with E-state index in [1.165, 1.54) is 6.08 Å². The Morgan fingerprint density at radius 1 is 1.62 bits per heavy atom. The standard InChI is InChI=1S/C9H18O3Si/c1-3-9(10)11-7-5-4-6-8(2)12-13/h3,8H,1,4-7H2,2,13H3. The summed E-state index contributed by atoms with van der Waals surface area (Å²) in [5.74, 6) is -0.341. The topological polar surface area (TPSA) is 35.5 Å². The molecule has 3 nitrogen and oxygen atoms in total. The molecule has 0 amide bonds. The number of hydrogen-bond donors (Lipinski definition) is 0. The molecule has 0 fully saturated rings. The fourth-order valence-corrected chi connectivity index (χ4v) is 1.12. The Balaban J connectivity index is 3.17. The monoisotopic (exact) mass is 202 g/mol. The van der Waals surface area contributed by atoms with Gasteiger partial charge in [0.2, 0.25) is 0 Å². The number of hydrogen-bond acceptors (Lipinski definition) is 3. The summed E-state index contributed by atoms with van der Waals surface area (Å²) in [4.78, 5) is 10.6. The molecule has 0 saturated heterocycles. The van der Waals surface area contributed by atoms with Gasteiger partial charge in [0.05, 0.1) is 6.61 Å². The first kappa shape index (κ1) is 12.4. The molecule has 0 aliphatic rings. The Bertz CT molecular complexity index is 159. The van der Waals surface area contributed by atoms with Gasteiger partial charge in [-0.3, -0.25) is 0 Å². The molecule has 0 aliphatic carbocycles. The summed E-state index contributed by atoms with van der Waals surface area (Å²) in [7, 11) is 0.791. The predicted octanol–water partition coefficient (Wildman–Crippen LogP) is 0.571. The molecule has 0 spiro atoms. The first-order valence-corrected chi connectivity index (χ1v) is 5.34. The van der Waals surface area contributed by atoms with Crippen LogP contribution < -0.4 is 0 Å². The van der Waals surface area contributed by atoms with Crippen molar-refractivity contribution in [2.24, 2.45) is 0 Å². The largest absolute Gasteiger partial charge is 0.463 e. The third kappa shape index (κ3) is 7.74. The summed E-state index contributed by atoms with van der Waals surface area (Å²) in [6.07, 6.45) is 4.50. The van der Waals surface area contributed by atoms with Gasteiger partial charge in [0, 0.05) is 12.2 Å². The maximum Gasteiger partial charge on any atom is 0.330 e. The van der Waals surface area contributed by atoms with E-state index < -0.39 is 0 Å². The second-order valence-electron chi connectivity index (χ2n) is 2.91. The van der Waals surface area contributed by atoms with Crippen molar-refractivity contribution in [3.05, 3.63) is 12.7 Å². The number of carbonyl (C=O) groups is 1. The minimum absolute atomic E-state index is 0.341. The SMILES string of the molecule is C=CC(=O)OCCCCC(C)O[SiH3]. The highest BCUT2D eigenvalue weighted by molar-refractivity contribution is 5.98. The smallest absolute Gasteiger partial charge is 0.330 e. The maximum atomic E-state index is 10.6. The summed E-state index contributed by atoms with van der Waals surface area (Å²) in [5.41, 5.74) is 0. The molecular formula is C9H18O3Si. The van der Waals surface area contributed by atoms with Crippen LogP contribution in [-0.4, -0.2) is 29.2 Å². The molecule has 0 rings (SSSR count). The Morgan fingerprint density at radius 3 is 2.85 bits per heavy atom. The highest BCUT2D eigenvalue weighted by Crippen LogP contribution is 2.02. The van der Waals surface area contributed by atoms with E-state index in [0.717, 1.165) is 29.7 Å². The molecule has 1 atom stereocenters. The van der Waals surface area contributed by atoms with Gasteiger partial charge in [0.15, 0.2) is 0 Å². The van der Waals surface area contributed by atoms with Crippen LogP contribution in [0.1, 0.15) is 26.2 Å². The summed E-state index contributed by atoms with van der Waals surface area (Å²) < 4.78 is 10.0. The molecule has 0 aromatic rings. The third-order valence-corrected chi connectivity index (χ3v) is 2.62. The number of unbranched alkanes of at least 4 members (excludes halogenated alkanes) is 1. The van der Waals surface area contributed by atoms with E-state index in [2.05, 4.69) is 13.5 Å². The second-order valence-corrected chi connectivity index (χ2v) is 3.39. The molecule has 1 unspecified atom stereocenters. The summed E-state index contributed by atoms with van der Waals surface area (Å²) >= 11 is 0. The summed E-state index contributed by atoms with van der Waals surface area (Å²) in [6, 6.07) is 0. The van der Waals surface area contributed by atoms with E-state index in [-0.39, 0.29) is 5.97 Å². The van der Waals surface area contributed by atoms with Crippen molar-refractivity contribution < 1.29 is 14.0 Å². The Morgan fingerprint density at radius 2 is 2.31 bits per heavy atom.